The highest BCUT2D eigenvalue weighted by Gasteiger charge is 2.33. The molecular formula is C18H15F3N2O2. The molecule has 0 radical (unpaired) electrons. The van der Waals surface area contributed by atoms with E-state index in [1.54, 1.807) is 24.3 Å². The van der Waals surface area contributed by atoms with Crippen LogP contribution in [0.4, 0.5) is 13.2 Å². The van der Waals surface area contributed by atoms with E-state index in [-0.39, 0.29) is 17.7 Å². The predicted molar refractivity (Wildman–Crippen MR) is 87.0 cm³/mol. The van der Waals surface area contributed by atoms with Crippen molar-refractivity contribution < 1.29 is 18.3 Å². The maximum Gasteiger partial charge on any atom is 0.416 e. The second kappa shape index (κ2) is 6.00. The largest absolute Gasteiger partial charge is 0.416 e. The van der Waals surface area contributed by atoms with Crippen LogP contribution >= 0.6 is 0 Å². The van der Waals surface area contributed by atoms with E-state index in [1.165, 1.54) is 30.0 Å². The molecular weight excluding hydrogens is 333 g/mol. The highest BCUT2D eigenvalue weighted by Crippen LogP contribution is 2.32. The van der Waals surface area contributed by atoms with Gasteiger partial charge in [-0.25, -0.2) is 4.98 Å². The molecule has 1 aromatic heterocycles. The molecule has 0 aliphatic heterocycles. The van der Waals surface area contributed by atoms with E-state index < -0.39 is 17.3 Å². The number of hydrogen-bond acceptors (Lipinski definition) is 3. The Balaban J connectivity index is 2.00. The number of alkyl halides is 3. The van der Waals surface area contributed by atoms with Crippen LogP contribution in [-0.2, 0) is 18.3 Å². The van der Waals surface area contributed by atoms with Gasteiger partial charge >= 0.3 is 6.18 Å². The third kappa shape index (κ3) is 3.41. The summed E-state index contributed by atoms with van der Waals surface area (Å²) in [7, 11) is 0. The number of rotatable bonds is 3. The number of benzene rings is 2. The van der Waals surface area contributed by atoms with Gasteiger partial charge in [-0.3, -0.25) is 9.36 Å². The smallest absolute Gasteiger partial charge is 0.384 e. The van der Waals surface area contributed by atoms with Gasteiger partial charge in [0, 0.05) is 0 Å². The number of fused-ring (bicyclic) bond motifs is 1. The van der Waals surface area contributed by atoms with Gasteiger partial charge in [-0.2, -0.15) is 13.2 Å². The fourth-order valence-electron chi connectivity index (χ4n) is 2.67. The lowest BCUT2D eigenvalue weighted by Crippen LogP contribution is -2.33. The predicted octanol–water partition coefficient (Wildman–Crippen LogP) is 3.32. The molecule has 0 saturated carbocycles. The number of aromatic nitrogens is 2. The molecule has 0 saturated heterocycles. The molecule has 7 heteroatoms. The van der Waals surface area contributed by atoms with Crippen LogP contribution in [0.2, 0.25) is 0 Å². The molecule has 25 heavy (non-hydrogen) atoms. The molecule has 1 unspecified atom stereocenters. The third-order valence-corrected chi connectivity index (χ3v) is 4.02. The van der Waals surface area contributed by atoms with E-state index in [0.717, 1.165) is 12.1 Å². The van der Waals surface area contributed by atoms with Crippen molar-refractivity contribution in [3.63, 3.8) is 0 Å². The van der Waals surface area contributed by atoms with Crippen LogP contribution in [0.1, 0.15) is 18.1 Å². The molecule has 0 bridgehead atoms. The van der Waals surface area contributed by atoms with Crippen molar-refractivity contribution in [3.05, 3.63) is 76.3 Å². The number of hydrogen-bond donors (Lipinski definition) is 1. The lowest BCUT2D eigenvalue weighted by Gasteiger charge is -2.25. The SMILES string of the molecule is CC(O)(Cn1cnc2ccccc2c1=O)c1cccc(C(F)(F)F)c1. The van der Waals surface area contributed by atoms with E-state index in [0.29, 0.717) is 10.9 Å². The standard InChI is InChI=1S/C18H15F3N2O2/c1-17(25,12-5-4-6-13(9-12)18(19,20)21)10-23-11-22-15-8-3-2-7-14(15)16(23)24/h2-9,11,25H,10H2,1H3. The zero-order valence-electron chi connectivity index (χ0n) is 13.3. The van der Waals surface area contributed by atoms with Crippen molar-refractivity contribution in [2.75, 3.05) is 0 Å². The molecule has 1 atom stereocenters. The van der Waals surface area contributed by atoms with Gasteiger partial charge in [0.25, 0.3) is 5.56 Å². The van der Waals surface area contributed by atoms with Crippen molar-refractivity contribution in [1.29, 1.82) is 0 Å². The number of para-hydroxylation sites is 1. The van der Waals surface area contributed by atoms with Gasteiger partial charge in [0.15, 0.2) is 0 Å². The zero-order chi connectivity index (χ0) is 18.2. The lowest BCUT2D eigenvalue weighted by molar-refractivity contribution is -0.137. The highest BCUT2D eigenvalue weighted by molar-refractivity contribution is 5.76. The van der Waals surface area contributed by atoms with Crippen molar-refractivity contribution in [1.82, 2.24) is 9.55 Å². The Labute approximate surface area is 141 Å². The van der Waals surface area contributed by atoms with E-state index in [4.69, 9.17) is 0 Å². The van der Waals surface area contributed by atoms with Crippen LogP contribution in [0.5, 0.6) is 0 Å². The van der Waals surface area contributed by atoms with Gasteiger partial charge in [0.2, 0.25) is 0 Å². The Morgan fingerprint density at radius 2 is 1.76 bits per heavy atom. The topological polar surface area (TPSA) is 55.1 Å². The van der Waals surface area contributed by atoms with Crippen molar-refractivity contribution in [3.8, 4) is 0 Å². The summed E-state index contributed by atoms with van der Waals surface area (Å²) in [5.41, 5.74) is -2.30. The Hall–Kier alpha value is -2.67. The van der Waals surface area contributed by atoms with Crippen LogP contribution in [0.25, 0.3) is 10.9 Å². The Morgan fingerprint density at radius 3 is 2.48 bits per heavy atom. The molecule has 130 valence electrons. The first-order valence-corrected chi connectivity index (χ1v) is 7.53. The summed E-state index contributed by atoms with van der Waals surface area (Å²) < 4.78 is 39.8. The zero-order valence-corrected chi connectivity index (χ0v) is 13.3. The van der Waals surface area contributed by atoms with Crippen molar-refractivity contribution >= 4 is 10.9 Å². The van der Waals surface area contributed by atoms with E-state index in [9.17, 15) is 23.1 Å². The molecule has 4 nitrogen and oxygen atoms in total. The Morgan fingerprint density at radius 1 is 1.08 bits per heavy atom. The first-order chi connectivity index (χ1) is 11.7. The summed E-state index contributed by atoms with van der Waals surface area (Å²) >= 11 is 0. The van der Waals surface area contributed by atoms with E-state index in [1.807, 2.05) is 0 Å². The van der Waals surface area contributed by atoms with Gasteiger partial charge in [0.1, 0.15) is 5.60 Å². The molecule has 3 aromatic rings. The average Bonchev–Trinajstić information content (AvgIpc) is 2.57. The highest BCUT2D eigenvalue weighted by atomic mass is 19.4. The van der Waals surface area contributed by atoms with Crippen LogP contribution in [0, 0.1) is 0 Å². The normalized spacial score (nSPS) is 14.4. The van der Waals surface area contributed by atoms with Crippen LogP contribution in [-0.4, -0.2) is 14.7 Å². The summed E-state index contributed by atoms with van der Waals surface area (Å²) in [6, 6.07) is 11.2. The first kappa shape index (κ1) is 17.2. The van der Waals surface area contributed by atoms with Crippen LogP contribution in [0.15, 0.2) is 59.7 Å². The second-order valence-corrected chi connectivity index (χ2v) is 6.05. The quantitative estimate of drug-likeness (QED) is 0.790. The Bertz CT molecular complexity index is 978. The lowest BCUT2D eigenvalue weighted by atomic mass is 9.94. The monoisotopic (exact) mass is 348 g/mol. The number of aliphatic hydroxyl groups is 1. The van der Waals surface area contributed by atoms with Gasteiger partial charge in [-0.15, -0.1) is 0 Å². The van der Waals surface area contributed by atoms with Gasteiger partial charge in [0.05, 0.1) is 29.3 Å². The summed E-state index contributed by atoms with van der Waals surface area (Å²) in [5, 5.41) is 11.1. The van der Waals surface area contributed by atoms with E-state index >= 15 is 0 Å². The molecule has 0 fully saturated rings. The fourth-order valence-corrected chi connectivity index (χ4v) is 2.67. The first-order valence-electron chi connectivity index (χ1n) is 7.53. The maximum atomic E-state index is 12.9. The summed E-state index contributed by atoms with van der Waals surface area (Å²) in [6.07, 6.45) is -3.22. The molecule has 0 spiro atoms. The van der Waals surface area contributed by atoms with Crippen molar-refractivity contribution in [2.24, 2.45) is 0 Å². The summed E-state index contributed by atoms with van der Waals surface area (Å²) in [4.78, 5) is 16.6. The van der Waals surface area contributed by atoms with Gasteiger partial charge in [-0.05, 0) is 36.8 Å². The summed E-state index contributed by atoms with van der Waals surface area (Å²) in [6.45, 7) is 1.15. The molecule has 0 aliphatic rings. The second-order valence-electron chi connectivity index (χ2n) is 6.05. The minimum Gasteiger partial charge on any atom is -0.384 e. The average molecular weight is 348 g/mol. The van der Waals surface area contributed by atoms with Gasteiger partial charge < -0.3 is 5.11 Å². The number of nitrogens with zero attached hydrogens (tertiary/aromatic N) is 2. The van der Waals surface area contributed by atoms with Crippen LogP contribution in [0.3, 0.4) is 0 Å². The summed E-state index contributed by atoms with van der Waals surface area (Å²) in [5.74, 6) is 0. The van der Waals surface area contributed by atoms with Crippen LogP contribution < -0.4 is 5.56 Å². The molecule has 1 heterocycles. The molecule has 1 N–H and O–H groups in total. The molecule has 0 amide bonds. The maximum absolute atomic E-state index is 12.9. The minimum absolute atomic E-state index is 0.0717. The molecule has 2 aromatic carbocycles. The van der Waals surface area contributed by atoms with Crippen molar-refractivity contribution in [2.45, 2.75) is 25.2 Å². The van der Waals surface area contributed by atoms with Gasteiger partial charge in [-0.1, -0.05) is 24.3 Å². The molecule has 3 rings (SSSR count). The fraction of sp³-hybridized carbons (Fsp3) is 0.222. The number of halogens is 3. The molecule has 0 aliphatic carbocycles. The Kier molecular flexibility index (Phi) is 4.12. The van der Waals surface area contributed by atoms with E-state index in [2.05, 4.69) is 4.98 Å². The third-order valence-electron chi connectivity index (χ3n) is 4.02. The minimum atomic E-state index is -4.51.